The van der Waals surface area contributed by atoms with Gasteiger partial charge in [0.15, 0.2) is 5.82 Å². The van der Waals surface area contributed by atoms with Crippen molar-refractivity contribution in [3.8, 4) is 6.01 Å². The number of hydrogen-bond donors (Lipinski definition) is 1. The van der Waals surface area contributed by atoms with Crippen molar-refractivity contribution in [3.63, 3.8) is 0 Å². The van der Waals surface area contributed by atoms with E-state index in [4.69, 9.17) is 4.74 Å². The third kappa shape index (κ3) is 4.75. The summed E-state index contributed by atoms with van der Waals surface area (Å²) in [7, 11) is 0. The highest BCUT2D eigenvalue weighted by molar-refractivity contribution is 6.00. The maximum Gasteiger partial charge on any atom is 0.316 e. The van der Waals surface area contributed by atoms with Gasteiger partial charge in [-0.05, 0) is 44.7 Å². The molecule has 0 radical (unpaired) electrons. The number of ether oxygens (including phenoxy) is 1. The zero-order valence-electron chi connectivity index (χ0n) is 16.9. The number of nitrogens with one attached hydrogen (secondary N) is 1. The van der Waals surface area contributed by atoms with Gasteiger partial charge in [-0.15, -0.1) is 0 Å². The second kappa shape index (κ2) is 8.77. The minimum Gasteiger partial charge on any atom is -0.460 e. The van der Waals surface area contributed by atoms with Gasteiger partial charge in [0, 0.05) is 24.7 Å². The van der Waals surface area contributed by atoms with E-state index in [2.05, 4.69) is 15.3 Å². The molecule has 8 heteroatoms. The average Bonchev–Trinajstić information content (AvgIpc) is 3.13. The zero-order chi connectivity index (χ0) is 21.1. The molecule has 4 rings (SSSR count). The molecule has 2 aromatic rings. The molecule has 1 atom stereocenters. The van der Waals surface area contributed by atoms with Crippen LogP contribution in [0.15, 0.2) is 36.7 Å². The molecule has 2 heterocycles. The quantitative estimate of drug-likeness (QED) is 0.816. The number of amides is 2. The zero-order valence-corrected chi connectivity index (χ0v) is 16.9. The number of aryl methyl sites for hydroxylation is 1. The summed E-state index contributed by atoms with van der Waals surface area (Å²) in [4.78, 5) is 34.5. The number of carbonyl (C=O) groups is 2. The fourth-order valence-electron chi connectivity index (χ4n) is 4.01. The standard InChI is InChI=1S/C22H25FN4O3/c1-14-2-6-18(7-3-14)27-13-15(10-20(27)28)21(29)26-17-4-8-19(9-5-17)30-22-24-11-16(23)12-25-22/h2-3,6-7,11-12,15,17,19H,4-5,8-10,13H2,1H3,(H,26,29). The summed E-state index contributed by atoms with van der Waals surface area (Å²) in [6.45, 7) is 2.41. The number of rotatable bonds is 5. The fourth-order valence-corrected chi connectivity index (χ4v) is 4.01. The van der Waals surface area contributed by atoms with Crippen LogP contribution in [-0.4, -0.2) is 40.5 Å². The number of halogens is 1. The first-order chi connectivity index (χ1) is 14.5. The Morgan fingerprint density at radius 2 is 1.80 bits per heavy atom. The van der Waals surface area contributed by atoms with Gasteiger partial charge in [-0.2, -0.15) is 0 Å². The normalized spacial score (nSPS) is 24.0. The topological polar surface area (TPSA) is 84.4 Å². The molecule has 1 aromatic carbocycles. The minimum atomic E-state index is -0.500. The lowest BCUT2D eigenvalue weighted by Gasteiger charge is -2.29. The molecule has 1 aromatic heterocycles. The summed E-state index contributed by atoms with van der Waals surface area (Å²) in [5, 5.41) is 3.10. The SMILES string of the molecule is Cc1ccc(N2CC(C(=O)NC3CCC(Oc4ncc(F)cn4)CC3)CC2=O)cc1. The molecular formula is C22H25FN4O3. The largest absolute Gasteiger partial charge is 0.460 e. The Hall–Kier alpha value is -3.03. The van der Waals surface area contributed by atoms with Crippen molar-refractivity contribution in [2.75, 3.05) is 11.4 Å². The summed E-state index contributed by atoms with van der Waals surface area (Å²) in [5.74, 6) is -0.917. The van der Waals surface area contributed by atoms with E-state index in [-0.39, 0.29) is 42.3 Å². The van der Waals surface area contributed by atoms with Crippen molar-refractivity contribution in [3.05, 3.63) is 48.0 Å². The third-order valence-electron chi connectivity index (χ3n) is 5.73. The van der Waals surface area contributed by atoms with E-state index in [1.54, 1.807) is 4.90 Å². The van der Waals surface area contributed by atoms with E-state index in [1.807, 2.05) is 31.2 Å². The van der Waals surface area contributed by atoms with Crippen LogP contribution in [0.5, 0.6) is 6.01 Å². The van der Waals surface area contributed by atoms with Crippen molar-refractivity contribution in [2.45, 2.75) is 51.2 Å². The Morgan fingerprint density at radius 1 is 1.13 bits per heavy atom. The average molecular weight is 412 g/mol. The lowest BCUT2D eigenvalue weighted by atomic mass is 9.92. The smallest absolute Gasteiger partial charge is 0.316 e. The highest BCUT2D eigenvalue weighted by Gasteiger charge is 2.36. The van der Waals surface area contributed by atoms with E-state index in [0.29, 0.717) is 6.54 Å². The first-order valence-electron chi connectivity index (χ1n) is 10.3. The van der Waals surface area contributed by atoms with Crippen molar-refractivity contribution in [2.24, 2.45) is 5.92 Å². The van der Waals surface area contributed by atoms with E-state index in [0.717, 1.165) is 49.3 Å². The molecule has 1 aliphatic heterocycles. The Bertz CT molecular complexity index is 896. The lowest BCUT2D eigenvalue weighted by Crippen LogP contribution is -2.43. The molecule has 1 aliphatic carbocycles. The van der Waals surface area contributed by atoms with Crippen LogP contribution in [0, 0.1) is 18.7 Å². The number of carbonyl (C=O) groups excluding carboxylic acids is 2. The molecule has 2 amide bonds. The van der Waals surface area contributed by atoms with E-state index in [1.165, 1.54) is 0 Å². The van der Waals surface area contributed by atoms with Gasteiger partial charge in [0.25, 0.3) is 0 Å². The van der Waals surface area contributed by atoms with E-state index in [9.17, 15) is 14.0 Å². The van der Waals surface area contributed by atoms with Gasteiger partial charge in [-0.25, -0.2) is 14.4 Å². The van der Waals surface area contributed by atoms with Gasteiger partial charge in [-0.1, -0.05) is 17.7 Å². The monoisotopic (exact) mass is 412 g/mol. The summed E-state index contributed by atoms with van der Waals surface area (Å²) in [6, 6.07) is 8.00. The molecule has 1 unspecified atom stereocenters. The number of nitrogens with zero attached hydrogens (tertiary/aromatic N) is 3. The second-order valence-corrected chi connectivity index (χ2v) is 8.02. The van der Waals surface area contributed by atoms with Crippen LogP contribution in [0.25, 0.3) is 0 Å². The van der Waals surface area contributed by atoms with Gasteiger partial charge in [0.05, 0.1) is 18.3 Å². The van der Waals surface area contributed by atoms with Gasteiger partial charge in [0.1, 0.15) is 6.10 Å². The van der Waals surface area contributed by atoms with Crippen LogP contribution < -0.4 is 15.0 Å². The van der Waals surface area contributed by atoms with Gasteiger partial charge in [0.2, 0.25) is 11.8 Å². The molecule has 1 saturated heterocycles. The molecule has 2 aliphatic rings. The van der Waals surface area contributed by atoms with Crippen LogP contribution in [-0.2, 0) is 9.59 Å². The summed E-state index contributed by atoms with van der Waals surface area (Å²) in [6.07, 6.45) is 5.41. The molecule has 30 heavy (non-hydrogen) atoms. The van der Waals surface area contributed by atoms with Crippen molar-refractivity contribution in [1.29, 1.82) is 0 Å². The molecule has 1 saturated carbocycles. The number of aromatic nitrogens is 2. The van der Waals surface area contributed by atoms with Crippen LogP contribution >= 0.6 is 0 Å². The maximum atomic E-state index is 12.9. The van der Waals surface area contributed by atoms with Crippen LogP contribution in [0.3, 0.4) is 0 Å². The van der Waals surface area contributed by atoms with Crippen molar-refractivity contribution < 1.29 is 18.7 Å². The maximum absolute atomic E-state index is 12.9. The molecular weight excluding hydrogens is 387 g/mol. The predicted molar refractivity (Wildman–Crippen MR) is 108 cm³/mol. The Balaban J connectivity index is 1.25. The lowest BCUT2D eigenvalue weighted by molar-refractivity contribution is -0.127. The summed E-state index contributed by atoms with van der Waals surface area (Å²) < 4.78 is 18.6. The fraction of sp³-hybridized carbons (Fsp3) is 0.455. The highest BCUT2D eigenvalue weighted by Crippen LogP contribution is 2.27. The summed E-state index contributed by atoms with van der Waals surface area (Å²) >= 11 is 0. The summed E-state index contributed by atoms with van der Waals surface area (Å²) in [5.41, 5.74) is 1.96. The molecule has 2 fully saturated rings. The van der Waals surface area contributed by atoms with Gasteiger partial charge >= 0.3 is 6.01 Å². The van der Waals surface area contributed by atoms with E-state index >= 15 is 0 Å². The van der Waals surface area contributed by atoms with Gasteiger partial charge in [-0.3, -0.25) is 9.59 Å². The highest BCUT2D eigenvalue weighted by atomic mass is 19.1. The molecule has 7 nitrogen and oxygen atoms in total. The Morgan fingerprint density at radius 3 is 2.47 bits per heavy atom. The van der Waals surface area contributed by atoms with Crippen molar-refractivity contribution in [1.82, 2.24) is 15.3 Å². The van der Waals surface area contributed by atoms with E-state index < -0.39 is 5.82 Å². The first kappa shape index (κ1) is 20.3. The van der Waals surface area contributed by atoms with Crippen LogP contribution in [0.2, 0.25) is 0 Å². The van der Waals surface area contributed by atoms with Crippen LogP contribution in [0.1, 0.15) is 37.7 Å². The molecule has 1 N–H and O–H groups in total. The minimum absolute atomic E-state index is 0.0181. The first-order valence-corrected chi connectivity index (χ1v) is 10.3. The molecule has 0 spiro atoms. The Kier molecular flexibility index (Phi) is 5.92. The second-order valence-electron chi connectivity index (χ2n) is 8.02. The van der Waals surface area contributed by atoms with Crippen LogP contribution in [0.4, 0.5) is 10.1 Å². The predicted octanol–water partition coefficient (Wildman–Crippen LogP) is 2.78. The number of anilines is 1. The molecule has 0 bridgehead atoms. The molecule has 158 valence electrons. The van der Waals surface area contributed by atoms with Crippen molar-refractivity contribution >= 4 is 17.5 Å². The third-order valence-corrected chi connectivity index (χ3v) is 5.73. The number of hydrogen-bond acceptors (Lipinski definition) is 5. The van der Waals surface area contributed by atoms with Gasteiger partial charge < -0.3 is 15.0 Å². The Labute approximate surface area is 174 Å². The number of benzene rings is 1.